The molecule has 0 unspecified atom stereocenters. The average Bonchev–Trinajstić information content (AvgIpc) is 3.12. The van der Waals surface area contributed by atoms with Crippen LogP contribution >= 0.6 is 0 Å². The Balaban J connectivity index is 0.00000324. The number of halogens is 1. The molecule has 0 aliphatic heterocycles. The van der Waals surface area contributed by atoms with E-state index in [2.05, 4.69) is 40.7 Å². The molecular weight excluding hydrogens is 541 g/mol. The molecule has 192 valence electrons. The number of hydrogen-bond acceptors (Lipinski definition) is 4. The molecule has 3 saturated carbocycles. The fourth-order valence-corrected chi connectivity index (χ4v) is 7.87. The van der Waals surface area contributed by atoms with Crippen LogP contribution in [0.15, 0.2) is 24.1 Å². The number of fused-ring (bicyclic) bond motifs is 5. The third-order valence-electron chi connectivity index (χ3n) is 10.5. The van der Waals surface area contributed by atoms with E-state index in [1.54, 1.807) is 0 Å². The largest absolute Gasteiger partial charge is 1.00 e. The molecule has 0 bridgehead atoms. The Morgan fingerprint density at radius 1 is 1.06 bits per heavy atom. The summed E-state index contributed by atoms with van der Waals surface area (Å²) >= 11 is 0. The smallest absolute Gasteiger partial charge is 0.513 e. The summed E-state index contributed by atoms with van der Waals surface area (Å²) in [4.78, 5) is 25.0. The minimum Gasteiger partial charge on any atom is -1.00 e. The van der Waals surface area contributed by atoms with E-state index in [0.29, 0.717) is 23.5 Å². The number of hydrogen-bond donors (Lipinski definition) is 0. The summed E-state index contributed by atoms with van der Waals surface area (Å²) in [6, 6.07) is 0. The molecule has 0 aromatic rings. The van der Waals surface area contributed by atoms with E-state index in [0.717, 1.165) is 75.5 Å². The highest BCUT2D eigenvalue weighted by Crippen LogP contribution is 2.64. The molecule has 0 heterocycles. The summed E-state index contributed by atoms with van der Waals surface area (Å²) in [5.41, 5.74) is 1.57. The third kappa shape index (κ3) is 4.74. The lowest BCUT2D eigenvalue weighted by molar-refractivity contribution is -0.874. The summed E-state index contributed by atoms with van der Waals surface area (Å²) in [6.45, 7) is 14.0. The van der Waals surface area contributed by atoms with Crippen LogP contribution in [0.2, 0.25) is 0 Å². The van der Waals surface area contributed by atoms with E-state index < -0.39 is 6.16 Å². The summed E-state index contributed by atoms with van der Waals surface area (Å²) in [5, 5.41) is 0. The van der Waals surface area contributed by atoms with Crippen LogP contribution in [0, 0.1) is 28.6 Å². The Hall–Kier alpha value is -0.890. The van der Waals surface area contributed by atoms with Gasteiger partial charge in [-0.2, -0.15) is 0 Å². The number of quaternary nitrogens is 1. The highest BCUT2D eigenvalue weighted by molar-refractivity contribution is 5.87. The van der Waals surface area contributed by atoms with E-state index >= 15 is 0 Å². The summed E-state index contributed by atoms with van der Waals surface area (Å²) in [6.07, 6.45) is 13.1. The van der Waals surface area contributed by atoms with Gasteiger partial charge in [-0.15, -0.1) is 0 Å². The van der Waals surface area contributed by atoms with Gasteiger partial charge in [-0.25, -0.2) is 4.79 Å². The number of ether oxygens (including phenoxy) is 2. The van der Waals surface area contributed by atoms with Gasteiger partial charge >= 0.3 is 6.16 Å². The molecule has 0 saturated heterocycles. The van der Waals surface area contributed by atoms with Crippen LogP contribution in [0.5, 0.6) is 0 Å². The maximum Gasteiger partial charge on any atom is 0.513 e. The molecule has 4 rings (SSSR count). The zero-order valence-corrected chi connectivity index (χ0v) is 23.9. The molecule has 5 nitrogen and oxygen atoms in total. The minimum atomic E-state index is -0.589. The second-order valence-electron chi connectivity index (χ2n) is 11.5. The lowest BCUT2D eigenvalue weighted by Crippen LogP contribution is -3.00. The van der Waals surface area contributed by atoms with Gasteiger partial charge in [0, 0.05) is 18.3 Å². The SMILES string of the molecule is CC[N+](/C=C/OC(=O)O[C@H]1CC[C@@]2(C)C(=CC[C@@H]3[C@@H]2CC[C@]2(C)C(=O)CC[C@@H]32)C1)(CC)CC.[I-]. The van der Waals surface area contributed by atoms with Crippen molar-refractivity contribution in [2.75, 3.05) is 19.6 Å². The maximum atomic E-state index is 12.6. The van der Waals surface area contributed by atoms with Crippen molar-refractivity contribution in [2.45, 2.75) is 92.1 Å². The lowest BCUT2D eigenvalue weighted by Gasteiger charge is -2.56. The highest BCUT2D eigenvalue weighted by atomic mass is 127. The molecule has 0 aromatic carbocycles. The normalized spacial score (nSPS) is 37.2. The first-order valence-electron chi connectivity index (χ1n) is 13.3. The molecule has 34 heavy (non-hydrogen) atoms. The van der Waals surface area contributed by atoms with Crippen molar-refractivity contribution >= 4 is 11.9 Å². The van der Waals surface area contributed by atoms with Gasteiger partial charge in [0.05, 0.1) is 19.6 Å². The number of allylic oxidation sites excluding steroid dienone is 1. The molecule has 0 N–H and O–H groups in total. The quantitative estimate of drug-likeness (QED) is 0.158. The Kier molecular flexibility index (Phi) is 8.65. The fraction of sp³-hybridized carbons (Fsp3) is 0.786. The molecule has 6 heteroatoms. The van der Waals surface area contributed by atoms with Crippen molar-refractivity contribution < 1.29 is 47.5 Å². The number of Topliss-reactive ketones (excluding diaryl/α,β-unsaturated/α-hetero) is 1. The molecule has 3 fully saturated rings. The first kappa shape index (κ1) is 27.7. The predicted octanol–water partition coefficient (Wildman–Crippen LogP) is 3.39. The molecule has 4 aliphatic rings. The molecule has 0 amide bonds. The zero-order valence-electron chi connectivity index (χ0n) is 21.8. The topological polar surface area (TPSA) is 52.6 Å². The lowest BCUT2D eigenvalue weighted by atomic mass is 9.48. The van der Waals surface area contributed by atoms with Gasteiger partial charge < -0.3 is 33.5 Å². The average molecular weight is 586 g/mol. The molecular formula is C28H44INO4. The van der Waals surface area contributed by atoms with Crippen LogP contribution < -0.4 is 24.0 Å². The van der Waals surface area contributed by atoms with E-state index in [9.17, 15) is 9.59 Å². The molecule has 6 atom stereocenters. The van der Waals surface area contributed by atoms with Crippen molar-refractivity contribution in [3.8, 4) is 0 Å². The van der Waals surface area contributed by atoms with Crippen LogP contribution in [0.4, 0.5) is 4.79 Å². The number of rotatable bonds is 6. The maximum absolute atomic E-state index is 12.6. The second kappa shape index (κ2) is 10.6. The van der Waals surface area contributed by atoms with Crippen molar-refractivity contribution in [3.05, 3.63) is 24.1 Å². The molecule has 0 radical (unpaired) electrons. The van der Waals surface area contributed by atoms with Gasteiger partial charge in [-0.05, 0) is 82.5 Å². The Morgan fingerprint density at radius 3 is 2.38 bits per heavy atom. The first-order valence-corrected chi connectivity index (χ1v) is 13.3. The highest BCUT2D eigenvalue weighted by Gasteiger charge is 2.58. The third-order valence-corrected chi connectivity index (χ3v) is 10.5. The van der Waals surface area contributed by atoms with Crippen molar-refractivity contribution in [3.63, 3.8) is 0 Å². The van der Waals surface area contributed by atoms with Crippen LogP contribution in [-0.4, -0.2) is 42.2 Å². The number of carbonyl (C=O) groups excluding carboxylic acids is 2. The predicted molar refractivity (Wildman–Crippen MR) is 129 cm³/mol. The van der Waals surface area contributed by atoms with E-state index in [-0.39, 0.29) is 40.9 Å². The Morgan fingerprint density at radius 2 is 1.71 bits per heavy atom. The van der Waals surface area contributed by atoms with Gasteiger partial charge in [0.2, 0.25) is 0 Å². The second-order valence-corrected chi connectivity index (χ2v) is 11.5. The number of ketones is 1. The van der Waals surface area contributed by atoms with Crippen molar-refractivity contribution in [2.24, 2.45) is 28.6 Å². The van der Waals surface area contributed by atoms with Gasteiger partial charge in [0.1, 0.15) is 18.1 Å². The van der Waals surface area contributed by atoms with Crippen LogP contribution in [0.3, 0.4) is 0 Å². The summed E-state index contributed by atoms with van der Waals surface area (Å²) < 4.78 is 11.8. The van der Waals surface area contributed by atoms with E-state index in [1.807, 2.05) is 6.20 Å². The van der Waals surface area contributed by atoms with Crippen molar-refractivity contribution in [1.29, 1.82) is 0 Å². The van der Waals surface area contributed by atoms with Gasteiger partial charge in [-0.3, -0.25) is 9.28 Å². The van der Waals surface area contributed by atoms with Gasteiger partial charge in [0.15, 0.2) is 6.26 Å². The first-order chi connectivity index (χ1) is 15.7. The van der Waals surface area contributed by atoms with Crippen molar-refractivity contribution in [1.82, 2.24) is 0 Å². The molecule has 4 aliphatic carbocycles. The van der Waals surface area contributed by atoms with Gasteiger partial charge in [-0.1, -0.05) is 25.5 Å². The zero-order chi connectivity index (χ0) is 23.9. The number of carbonyl (C=O) groups is 2. The summed E-state index contributed by atoms with van der Waals surface area (Å²) in [7, 11) is 0. The van der Waals surface area contributed by atoms with E-state index in [4.69, 9.17) is 9.47 Å². The Bertz CT molecular complexity index is 826. The van der Waals surface area contributed by atoms with Crippen LogP contribution in [0.25, 0.3) is 0 Å². The number of nitrogens with zero attached hydrogens (tertiary/aromatic N) is 1. The minimum absolute atomic E-state index is 0. The fourth-order valence-electron chi connectivity index (χ4n) is 7.87. The van der Waals surface area contributed by atoms with Gasteiger partial charge in [0.25, 0.3) is 0 Å². The summed E-state index contributed by atoms with van der Waals surface area (Å²) in [5.74, 6) is 2.34. The monoisotopic (exact) mass is 585 g/mol. The molecule has 0 aromatic heterocycles. The van der Waals surface area contributed by atoms with Crippen LogP contribution in [0.1, 0.15) is 86.0 Å². The van der Waals surface area contributed by atoms with Crippen LogP contribution in [-0.2, 0) is 14.3 Å². The molecule has 0 spiro atoms. The van der Waals surface area contributed by atoms with E-state index in [1.165, 1.54) is 11.8 Å². The Labute approximate surface area is 223 Å². The standard InChI is InChI=1S/C28H44NO4.HI/c1-6-29(7-2,8-3)17-18-32-26(31)33-21-13-15-27(4)20(19-21)9-10-22-23-11-12-25(30)28(23,5)16-14-24(22)27;/h9,17-18,21-24H,6-8,10-16,19H2,1-5H3;1H/q+1;/p-1/b18-17+;/t21-,22-,23-,24-,27-,28-;/m0./s1.